The van der Waals surface area contributed by atoms with Gasteiger partial charge in [0.05, 0.1) is 0 Å². The van der Waals surface area contributed by atoms with Gasteiger partial charge in [-0.2, -0.15) is 0 Å². The molecule has 2 rings (SSSR count). The molecule has 5 nitrogen and oxygen atoms in total. The van der Waals surface area contributed by atoms with Gasteiger partial charge >= 0.3 is 0 Å². The fourth-order valence-electron chi connectivity index (χ4n) is 2.40. The zero-order valence-corrected chi connectivity index (χ0v) is 14.3. The highest BCUT2D eigenvalue weighted by Gasteiger charge is 2.11. The Bertz CT molecular complexity index is 509. The average molecular weight is 367 g/mol. The first-order valence-electron chi connectivity index (χ1n) is 7.75. The molecule has 0 atom stereocenters. The van der Waals surface area contributed by atoms with Crippen molar-refractivity contribution in [3.05, 3.63) is 34.3 Å². The molecule has 3 N–H and O–H groups in total. The Morgan fingerprint density at radius 1 is 1.23 bits per heavy atom. The molecule has 0 unspecified atom stereocenters. The van der Waals surface area contributed by atoms with Crippen LogP contribution in [0.1, 0.15) is 36.0 Å². The predicted molar refractivity (Wildman–Crippen MR) is 93.0 cm³/mol. The van der Waals surface area contributed by atoms with Gasteiger partial charge in [-0.1, -0.05) is 15.9 Å². The van der Waals surface area contributed by atoms with E-state index < -0.39 is 0 Å². The number of rotatable bonds is 5. The van der Waals surface area contributed by atoms with Gasteiger partial charge in [0.15, 0.2) is 5.96 Å². The highest BCUT2D eigenvalue weighted by molar-refractivity contribution is 9.10. The molecule has 1 amide bonds. The summed E-state index contributed by atoms with van der Waals surface area (Å²) in [6, 6.07) is 7.31. The lowest BCUT2D eigenvalue weighted by Gasteiger charge is -2.27. The van der Waals surface area contributed by atoms with Gasteiger partial charge in [-0.15, -0.1) is 0 Å². The lowest BCUT2D eigenvalue weighted by atomic mass is 10.1. The van der Waals surface area contributed by atoms with Crippen LogP contribution >= 0.6 is 15.9 Å². The lowest BCUT2D eigenvalue weighted by Crippen LogP contribution is -2.41. The van der Waals surface area contributed by atoms with Gasteiger partial charge in [-0.25, -0.2) is 0 Å². The van der Waals surface area contributed by atoms with E-state index in [1.54, 1.807) is 12.1 Å². The van der Waals surface area contributed by atoms with E-state index in [2.05, 4.69) is 31.1 Å². The van der Waals surface area contributed by atoms with Crippen LogP contribution in [0.15, 0.2) is 33.7 Å². The SMILES string of the molecule is NC(=NCCCNC(=O)c1ccc(Br)cc1)N1CCCCC1. The third-order valence-corrected chi connectivity index (χ3v) is 4.21. The molecule has 1 aliphatic heterocycles. The molecule has 1 saturated heterocycles. The molecule has 1 aliphatic rings. The Hall–Kier alpha value is -1.56. The second-order valence-electron chi connectivity index (χ2n) is 5.40. The van der Waals surface area contributed by atoms with E-state index >= 15 is 0 Å². The van der Waals surface area contributed by atoms with E-state index in [0.717, 1.165) is 24.0 Å². The molecule has 0 spiro atoms. The second-order valence-corrected chi connectivity index (χ2v) is 6.32. The van der Waals surface area contributed by atoms with Crippen molar-refractivity contribution in [1.82, 2.24) is 10.2 Å². The Labute approximate surface area is 140 Å². The van der Waals surface area contributed by atoms with E-state index in [9.17, 15) is 4.79 Å². The van der Waals surface area contributed by atoms with Crippen molar-refractivity contribution < 1.29 is 4.79 Å². The van der Waals surface area contributed by atoms with Crippen LogP contribution in [0.2, 0.25) is 0 Å². The van der Waals surface area contributed by atoms with Gasteiger partial charge in [0.25, 0.3) is 5.91 Å². The third-order valence-electron chi connectivity index (χ3n) is 3.68. The summed E-state index contributed by atoms with van der Waals surface area (Å²) in [7, 11) is 0. The Kier molecular flexibility index (Phi) is 6.71. The number of carbonyl (C=O) groups excluding carboxylic acids is 1. The molecular formula is C16H23BrN4O. The molecule has 0 aliphatic carbocycles. The van der Waals surface area contributed by atoms with Crippen molar-refractivity contribution in [3.63, 3.8) is 0 Å². The summed E-state index contributed by atoms with van der Waals surface area (Å²) < 4.78 is 0.964. The number of amides is 1. The van der Waals surface area contributed by atoms with Crippen molar-refractivity contribution in [1.29, 1.82) is 0 Å². The minimum Gasteiger partial charge on any atom is -0.370 e. The zero-order chi connectivity index (χ0) is 15.8. The number of carbonyl (C=O) groups is 1. The number of likely N-dealkylation sites (tertiary alicyclic amines) is 1. The van der Waals surface area contributed by atoms with E-state index in [4.69, 9.17) is 5.73 Å². The van der Waals surface area contributed by atoms with E-state index in [1.807, 2.05) is 12.1 Å². The maximum Gasteiger partial charge on any atom is 0.251 e. The van der Waals surface area contributed by atoms with Crippen molar-refractivity contribution >= 4 is 27.8 Å². The minimum absolute atomic E-state index is 0.0551. The standard InChI is InChI=1S/C16H23BrN4O/c17-14-7-5-13(6-8-14)15(22)19-9-4-10-20-16(18)21-11-2-1-3-12-21/h5-8H,1-4,9-12H2,(H2,18,20)(H,19,22). The third kappa shape index (κ3) is 5.33. The first-order valence-corrected chi connectivity index (χ1v) is 8.55. The molecule has 0 aromatic heterocycles. The number of halogens is 1. The van der Waals surface area contributed by atoms with Gasteiger partial charge < -0.3 is 16.0 Å². The van der Waals surface area contributed by atoms with E-state index in [0.29, 0.717) is 24.6 Å². The number of guanidine groups is 1. The number of nitrogens with two attached hydrogens (primary N) is 1. The number of piperidine rings is 1. The molecule has 0 saturated carbocycles. The number of hydrogen-bond acceptors (Lipinski definition) is 2. The topological polar surface area (TPSA) is 70.7 Å². The fraction of sp³-hybridized carbons (Fsp3) is 0.500. The first-order chi connectivity index (χ1) is 10.7. The Morgan fingerprint density at radius 2 is 1.91 bits per heavy atom. The molecule has 0 radical (unpaired) electrons. The largest absolute Gasteiger partial charge is 0.370 e. The van der Waals surface area contributed by atoms with Gasteiger partial charge in [-0.05, 0) is 49.9 Å². The Balaban J connectivity index is 1.66. The van der Waals surface area contributed by atoms with Crippen LogP contribution in [0.25, 0.3) is 0 Å². The fourth-order valence-corrected chi connectivity index (χ4v) is 2.67. The molecule has 1 aromatic carbocycles. The number of hydrogen-bond donors (Lipinski definition) is 2. The van der Waals surface area contributed by atoms with E-state index in [-0.39, 0.29) is 5.91 Å². The molecule has 1 fully saturated rings. The molecule has 6 heteroatoms. The van der Waals surface area contributed by atoms with Crippen LogP contribution in [-0.4, -0.2) is 42.9 Å². The van der Waals surface area contributed by atoms with Crippen molar-refractivity contribution in [2.75, 3.05) is 26.2 Å². The van der Waals surface area contributed by atoms with Crippen LogP contribution in [0, 0.1) is 0 Å². The van der Waals surface area contributed by atoms with Crippen molar-refractivity contribution in [2.45, 2.75) is 25.7 Å². The highest BCUT2D eigenvalue weighted by atomic mass is 79.9. The van der Waals surface area contributed by atoms with Crippen LogP contribution in [-0.2, 0) is 0 Å². The summed E-state index contributed by atoms with van der Waals surface area (Å²) >= 11 is 3.35. The molecule has 0 bridgehead atoms. The highest BCUT2D eigenvalue weighted by Crippen LogP contribution is 2.10. The van der Waals surface area contributed by atoms with Crippen LogP contribution in [0.3, 0.4) is 0 Å². The Morgan fingerprint density at radius 3 is 2.59 bits per heavy atom. The summed E-state index contributed by atoms with van der Waals surface area (Å²) in [5, 5.41) is 2.89. The van der Waals surface area contributed by atoms with Gasteiger partial charge in [0, 0.05) is 36.2 Å². The number of nitrogens with one attached hydrogen (secondary N) is 1. The van der Waals surface area contributed by atoms with Crippen LogP contribution in [0.5, 0.6) is 0 Å². The zero-order valence-electron chi connectivity index (χ0n) is 12.7. The molecule has 1 heterocycles. The van der Waals surface area contributed by atoms with Crippen molar-refractivity contribution in [3.8, 4) is 0 Å². The first kappa shape index (κ1) is 16.8. The molecule has 120 valence electrons. The number of aliphatic imine (C=N–C) groups is 1. The quantitative estimate of drug-likeness (QED) is 0.477. The van der Waals surface area contributed by atoms with Crippen LogP contribution in [0.4, 0.5) is 0 Å². The van der Waals surface area contributed by atoms with Crippen molar-refractivity contribution in [2.24, 2.45) is 10.7 Å². The summed E-state index contributed by atoms with van der Waals surface area (Å²) in [6.45, 7) is 3.26. The monoisotopic (exact) mass is 366 g/mol. The maximum atomic E-state index is 11.9. The molecule has 22 heavy (non-hydrogen) atoms. The normalized spacial score (nSPS) is 15.7. The van der Waals surface area contributed by atoms with Gasteiger partial charge in [0.1, 0.15) is 0 Å². The number of benzene rings is 1. The summed E-state index contributed by atoms with van der Waals surface area (Å²) in [5.41, 5.74) is 6.65. The summed E-state index contributed by atoms with van der Waals surface area (Å²) in [4.78, 5) is 18.4. The number of nitrogens with zero attached hydrogens (tertiary/aromatic N) is 2. The van der Waals surface area contributed by atoms with E-state index in [1.165, 1.54) is 19.3 Å². The minimum atomic E-state index is -0.0551. The maximum absolute atomic E-state index is 11.9. The van der Waals surface area contributed by atoms with Crippen LogP contribution < -0.4 is 11.1 Å². The van der Waals surface area contributed by atoms with Gasteiger partial charge in [-0.3, -0.25) is 9.79 Å². The molecular weight excluding hydrogens is 344 g/mol. The lowest BCUT2D eigenvalue weighted by molar-refractivity contribution is 0.0953. The average Bonchev–Trinajstić information content (AvgIpc) is 2.55. The summed E-state index contributed by atoms with van der Waals surface area (Å²) in [5.74, 6) is 0.583. The summed E-state index contributed by atoms with van der Waals surface area (Å²) in [6.07, 6.45) is 4.46. The molecule has 1 aromatic rings. The van der Waals surface area contributed by atoms with Gasteiger partial charge in [0.2, 0.25) is 0 Å². The smallest absolute Gasteiger partial charge is 0.251 e. The second kappa shape index (κ2) is 8.78. The predicted octanol–water partition coefficient (Wildman–Crippen LogP) is 2.37.